The van der Waals surface area contributed by atoms with Crippen molar-refractivity contribution in [3.63, 3.8) is 0 Å². The first-order valence-electron chi connectivity index (χ1n) is 7.50. The summed E-state index contributed by atoms with van der Waals surface area (Å²) >= 11 is 0. The summed E-state index contributed by atoms with van der Waals surface area (Å²) in [6, 6.07) is 3.75. The Morgan fingerprint density at radius 1 is 1.28 bits per heavy atom. The number of nitrogens with one attached hydrogen (secondary N) is 2. The maximum atomic E-state index is 13.9. The molecule has 9 heteroatoms. The number of rotatable bonds is 6. The van der Waals surface area contributed by atoms with Crippen LogP contribution in [0.5, 0.6) is 5.75 Å². The number of aryl methyl sites for hydroxylation is 2. The Balaban J connectivity index is 1.99. The summed E-state index contributed by atoms with van der Waals surface area (Å²) in [7, 11) is 1.53. The van der Waals surface area contributed by atoms with E-state index >= 15 is 0 Å². The minimum Gasteiger partial charge on any atom is -0.444 e. The van der Waals surface area contributed by atoms with Crippen LogP contribution in [0.15, 0.2) is 27.6 Å². The van der Waals surface area contributed by atoms with Crippen LogP contribution in [-0.2, 0) is 13.1 Å². The SMILES string of the molecule is CN=C(NCc1nc(C)c(C)o1)NCc1c(F)cccc1OC(F)F. The zero-order chi connectivity index (χ0) is 18.4. The predicted octanol–water partition coefficient (Wildman–Crippen LogP) is 2.90. The zero-order valence-electron chi connectivity index (χ0n) is 14.1. The summed E-state index contributed by atoms with van der Waals surface area (Å²) in [6.07, 6.45) is 0. The molecule has 0 aliphatic rings. The monoisotopic (exact) mass is 356 g/mol. The first kappa shape index (κ1) is 18.6. The summed E-state index contributed by atoms with van der Waals surface area (Å²) < 4.78 is 48.5. The van der Waals surface area contributed by atoms with Gasteiger partial charge in [0.15, 0.2) is 5.96 Å². The molecule has 0 saturated heterocycles. The summed E-state index contributed by atoms with van der Waals surface area (Å²) in [6.45, 7) is 0.790. The van der Waals surface area contributed by atoms with Gasteiger partial charge in [0, 0.05) is 19.2 Å². The summed E-state index contributed by atoms with van der Waals surface area (Å²) in [5, 5.41) is 5.78. The van der Waals surface area contributed by atoms with Crippen LogP contribution in [0.25, 0.3) is 0 Å². The molecule has 1 aromatic heterocycles. The Morgan fingerprint density at radius 3 is 2.60 bits per heavy atom. The average molecular weight is 356 g/mol. The van der Waals surface area contributed by atoms with Gasteiger partial charge in [0.25, 0.3) is 0 Å². The number of ether oxygens (including phenoxy) is 1. The topological polar surface area (TPSA) is 71.7 Å². The standard InChI is InChI=1S/C16H19F3N4O2/c1-9-10(2)24-14(23-9)8-22-16(20-3)21-7-11-12(17)5-4-6-13(11)25-15(18)19/h4-6,15H,7-8H2,1-3H3,(H2,20,21,22). The Morgan fingerprint density at radius 2 is 2.00 bits per heavy atom. The van der Waals surface area contributed by atoms with Crippen LogP contribution < -0.4 is 15.4 Å². The highest BCUT2D eigenvalue weighted by atomic mass is 19.3. The quantitative estimate of drug-likeness (QED) is 0.615. The van der Waals surface area contributed by atoms with Gasteiger partial charge in [0.1, 0.15) is 17.3 Å². The maximum absolute atomic E-state index is 13.9. The smallest absolute Gasteiger partial charge is 0.387 e. The van der Waals surface area contributed by atoms with Gasteiger partial charge in [0.05, 0.1) is 12.2 Å². The molecule has 0 aliphatic heterocycles. The lowest BCUT2D eigenvalue weighted by atomic mass is 10.2. The van der Waals surface area contributed by atoms with E-state index in [9.17, 15) is 13.2 Å². The molecule has 0 saturated carbocycles. The van der Waals surface area contributed by atoms with E-state index in [-0.39, 0.29) is 24.4 Å². The molecule has 0 aliphatic carbocycles. The van der Waals surface area contributed by atoms with Gasteiger partial charge < -0.3 is 19.8 Å². The van der Waals surface area contributed by atoms with Crippen molar-refractivity contribution in [2.24, 2.45) is 4.99 Å². The minimum atomic E-state index is -3.03. The Kier molecular flexibility index (Phi) is 6.26. The van der Waals surface area contributed by atoms with Crippen LogP contribution in [0.4, 0.5) is 13.2 Å². The molecule has 2 N–H and O–H groups in total. The Hall–Kier alpha value is -2.71. The lowest BCUT2D eigenvalue weighted by molar-refractivity contribution is -0.0506. The third kappa shape index (κ3) is 5.13. The van der Waals surface area contributed by atoms with Gasteiger partial charge in [-0.1, -0.05) is 6.07 Å². The fraction of sp³-hybridized carbons (Fsp3) is 0.375. The van der Waals surface area contributed by atoms with Crippen molar-refractivity contribution in [2.45, 2.75) is 33.5 Å². The van der Waals surface area contributed by atoms with Crippen LogP contribution in [-0.4, -0.2) is 24.6 Å². The Labute approximate surface area is 143 Å². The van der Waals surface area contributed by atoms with Crippen molar-refractivity contribution in [2.75, 3.05) is 7.05 Å². The van der Waals surface area contributed by atoms with Crippen LogP contribution in [0, 0.1) is 19.7 Å². The normalized spacial score (nSPS) is 11.7. The van der Waals surface area contributed by atoms with E-state index < -0.39 is 12.4 Å². The average Bonchev–Trinajstić information content (AvgIpc) is 2.87. The van der Waals surface area contributed by atoms with Crippen LogP contribution >= 0.6 is 0 Å². The van der Waals surface area contributed by atoms with E-state index in [0.29, 0.717) is 11.9 Å². The van der Waals surface area contributed by atoms with E-state index in [1.165, 1.54) is 25.2 Å². The third-order valence-electron chi connectivity index (χ3n) is 3.43. The number of guanidine groups is 1. The summed E-state index contributed by atoms with van der Waals surface area (Å²) in [5.41, 5.74) is 0.772. The van der Waals surface area contributed by atoms with E-state index in [4.69, 9.17) is 4.42 Å². The van der Waals surface area contributed by atoms with Gasteiger partial charge in [-0.05, 0) is 26.0 Å². The molecule has 2 aromatic rings. The number of aliphatic imine (C=N–C) groups is 1. The van der Waals surface area contributed by atoms with Crippen molar-refractivity contribution < 1.29 is 22.3 Å². The van der Waals surface area contributed by atoms with E-state index in [1.54, 1.807) is 0 Å². The molecule has 1 aromatic carbocycles. The van der Waals surface area contributed by atoms with E-state index in [1.807, 2.05) is 13.8 Å². The fourth-order valence-corrected chi connectivity index (χ4v) is 2.08. The minimum absolute atomic E-state index is 0.0198. The van der Waals surface area contributed by atoms with Gasteiger partial charge >= 0.3 is 6.61 Å². The van der Waals surface area contributed by atoms with Crippen molar-refractivity contribution in [3.05, 3.63) is 46.9 Å². The second kappa shape index (κ2) is 8.41. The maximum Gasteiger partial charge on any atom is 0.387 e. The molecule has 0 amide bonds. The molecular formula is C16H19F3N4O2. The number of oxazole rings is 1. The summed E-state index contributed by atoms with van der Waals surface area (Å²) in [4.78, 5) is 8.20. The summed E-state index contributed by atoms with van der Waals surface area (Å²) in [5.74, 6) is 0.655. The first-order valence-corrected chi connectivity index (χ1v) is 7.50. The molecule has 25 heavy (non-hydrogen) atoms. The molecule has 2 rings (SSSR count). The van der Waals surface area contributed by atoms with Gasteiger partial charge in [-0.2, -0.15) is 8.78 Å². The molecule has 6 nitrogen and oxygen atoms in total. The van der Waals surface area contributed by atoms with Crippen LogP contribution in [0.2, 0.25) is 0 Å². The van der Waals surface area contributed by atoms with E-state index in [0.717, 1.165) is 11.5 Å². The first-order chi connectivity index (χ1) is 11.9. The second-order valence-corrected chi connectivity index (χ2v) is 5.12. The number of aromatic nitrogens is 1. The predicted molar refractivity (Wildman–Crippen MR) is 86.0 cm³/mol. The lowest BCUT2D eigenvalue weighted by Crippen LogP contribution is -2.36. The molecule has 0 fully saturated rings. The molecule has 1 heterocycles. The zero-order valence-corrected chi connectivity index (χ0v) is 14.1. The highest BCUT2D eigenvalue weighted by Gasteiger charge is 2.14. The Bertz CT molecular complexity index is 727. The molecule has 0 spiro atoms. The highest BCUT2D eigenvalue weighted by molar-refractivity contribution is 5.79. The number of hydrogen-bond donors (Lipinski definition) is 2. The van der Waals surface area contributed by atoms with Crippen molar-refractivity contribution in [3.8, 4) is 5.75 Å². The second-order valence-electron chi connectivity index (χ2n) is 5.12. The molecule has 0 bridgehead atoms. The number of nitrogens with zero attached hydrogens (tertiary/aromatic N) is 2. The fourth-order valence-electron chi connectivity index (χ4n) is 2.08. The molecule has 0 radical (unpaired) electrons. The van der Waals surface area contributed by atoms with Crippen molar-refractivity contribution >= 4 is 5.96 Å². The van der Waals surface area contributed by atoms with Gasteiger partial charge in [-0.15, -0.1) is 0 Å². The highest BCUT2D eigenvalue weighted by Crippen LogP contribution is 2.23. The molecule has 0 unspecified atom stereocenters. The van der Waals surface area contributed by atoms with E-state index in [2.05, 4.69) is 25.3 Å². The van der Waals surface area contributed by atoms with Gasteiger partial charge in [0.2, 0.25) is 5.89 Å². The molecule has 0 atom stereocenters. The van der Waals surface area contributed by atoms with Crippen LogP contribution in [0.3, 0.4) is 0 Å². The number of halogens is 3. The largest absolute Gasteiger partial charge is 0.444 e. The number of benzene rings is 1. The molecule has 136 valence electrons. The lowest BCUT2D eigenvalue weighted by Gasteiger charge is -2.14. The van der Waals surface area contributed by atoms with Crippen LogP contribution in [0.1, 0.15) is 22.9 Å². The number of hydrogen-bond acceptors (Lipinski definition) is 4. The third-order valence-corrected chi connectivity index (χ3v) is 3.43. The van der Waals surface area contributed by atoms with Gasteiger partial charge in [-0.25, -0.2) is 9.37 Å². The number of alkyl halides is 2. The van der Waals surface area contributed by atoms with Gasteiger partial charge in [-0.3, -0.25) is 4.99 Å². The molecular weight excluding hydrogens is 337 g/mol. The van der Waals surface area contributed by atoms with Crippen molar-refractivity contribution in [1.29, 1.82) is 0 Å². The van der Waals surface area contributed by atoms with Crippen molar-refractivity contribution in [1.82, 2.24) is 15.6 Å².